The molecular formula is C15H19N3. The molecule has 0 saturated heterocycles. The predicted molar refractivity (Wildman–Crippen MR) is 76.6 cm³/mol. The lowest BCUT2D eigenvalue weighted by Gasteiger charge is -2.12. The maximum Gasteiger partial charge on any atom is 0.123 e. The van der Waals surface area contributed by atoms with E-state index in [0.717, 1.165) is 18.7 Å². The van der Waals surface area contributed by atoms with Crippen molar-refractivity contribution in [3.8, 4) is 0 Å². The Hall–Kier alpha value is -2.03. The molecule has 2 rings (SSSR count). The highest BCUT2D eigenvalue weighted by atomic mass is 14.9. The highest BCUT2D eigenvalue weighted by Crippen LogP contribution is 2.18. The van der Waals surface area contributed by atoms with Crippen molar-refractivity contribution in [2.75, 3.05) is 17.6 Å². The molecule has 0 radical (unpaired) electrons. The van der Waals surface area contributed by atoms with E-state index in [1.165, 1.54) is 5.56 Å². The molecule has 3 heteroatoms. The van der Waals surface area contributed by atoms with Crippen molar-refractivity contribution in [3.05, 3.63) is 54.2 Å². The van der Waals surface area contributed by atoms with Gasteiger partial charge in [-0.15, -0.1) is 0 Å². The minimum atomic E-state index is 0.554. The molecule has 0 aliphatic heterocycles. The fourth-order valence-corrected chi connectivity index (χ4v) is 1.89. The molecule has 3 nitrogen and oxygen atoms in total. The van der Waals surface area contributed by atoms with Crippen LogP contribution >= 0.6 is 0 Å². The number of nitrogens with one attached hydrogen (secondary N) is 1. The molecule has 1 aromatic heterocycles. The number of benzene rings is 1. The molecule has 0 amide bonds. The third-order valence-electron chi connectivity index (χ3n) is 3.06. The quantitative estimate of drug-likeness (QED) is 0.844. The molecule has 3 N–H and O–H groups in total. The summed E-state index contributed by atoms with van der Waals surface area (Å²) < 4.78 is 0. The minimum Gasteiger partial charge on any atom is -0.384 e. The fraction of sp³-hybridized carbons (Fsp3) is 0.267. The second-order valence-corrected chi connectivity index (χ2v) is 4.50. The van der Waals surface area contributed by atoms with Gasteiger partial charge in [0.05, 0.1) is 11.9 Å². The Kier molecular flexibility index (Phi) is 4.18. The first kappa shape index (κ1) is 12.4. The average molecular weight is 241 g/mol. The summed E-state index contributed by atoms with van der Waals surface area (Å²) in [5, 5.41) is 3.35. The molecule has 18 heavy (non-hydrogen) atoms. The molecule has 1 aromatic carbocycles. The predicted octanol–water partition coefficient (Wildman–Crippen LogP) is 3.27. The zero-order chi connectivity index (χ0) is 12.8. The van der Waals surface area contributed by atoms with Crippen LogP contribution in [0.2, 0.25) is 0 Å². The summed E-state index contributed by atoms with van der Waals surface area (Å²) in [6, 6.07) is 14.3. The summed E-state index contributed by atoms with van der Waals surface area (Å²) in [5.41, 5.74) is 7.94. The zero-order valence-electron chi connectivity index (χ0n) is 10.6. The van der Waals surface area contributed by atoms with Crippen molar-refractivity contribution in [2.45, 2.75) is 19.3 Å². The van der Waals surface area contributed by atoms with E-state index in [2.05, 4.69) is 47.6 Å². The van der Waals surface area contributed by atoms with Crippen molar-refractivity contribution in [1.29, 1.82) is 0 Å². The van der Waals surface area contributed by atoms with Crippen LogP contribution in [0.3, 0.4) is 0 Å². The fourth-order valence-electron chi connectivity index (χ4n) is 1.89. The molecule has 1 atom stereocenters. The van der Waals surface area contributed by atoms with Crippen LogP contribution in [0, 0.1) is 0 Å². The van der Waals surface area contributed by atoms with Crippen LogP contribution < -0.4 is 11.1 Å². The normalized spacial score (nSPS) is 12.1. The standard InChI is InChI=1S/C15H19N3/c1-12(13-5-3-2-4-6-13)9-10-17-14-7-8-15(16)18-11-14/h2-8,11-12,17H,9-10H2,1H3,(H2,16,18). The van der Waals surface area contributed by atoms with Crippen LogP contribution in [0.1, 0.15) is 24.8 Å². The van der Waals surface area contributed by atoms with E-state index in [9.17, 15) is 0 Å². The number of nitrogen functional groups attached to an aromatic ring is 1. The summed E-state index contributed by atoms with van der Waals surface area (Å²) in [4.78, 5) is 4.05. The summed E-state index contributed by atoms with van der Waals surface area (Å²) in [6.45, 7) is 3.18. The lowest BCUT2D eigenvalue weighted by atomic mass is 9.98. The Morgan fingerprint density at radius 1 is 1.17 bits per heavy atom. The van der Waals surface area contributed by atoms with Crippen molar-refractivity contribution in [3.63, 3.8) is 0 Å². The molecular weight excluding hydrogens is 222 g/mol. The van der Waals surface area contributed by atoms with Gasteiger partial charge in [-0.05, 0) is 30.0 Å². The Bertz CT molecular complexity index is 465. The molecule has 0 aliphatic carbocycles. The van der Waals surface area contributed by atoms with Crippen molar-refractivity contribution in [1.82, 2.24) is 4.98 Å². The van der Waals surface area contributed by atoms with Gasteiger partial charge in [-0.25, -0.2) is 4.98 Å². The largest absolute Gasteiger partial charge is 0.384 e. The molecule has 2 aromatic rings. The average Bonchev–Trinajstić information content (AvgIpc) is 2.42. The first-order valence-corrected chi connectivity index (χ1v) is 6.26. The van der Waals surface area contributed by atoms with Gasteiger partial charge in [-0.2, -0.15) is 0 Å². The molecule has 0 fully saturated rings. The van der Waals surface area contributed by atoms with Gasteiger partial charge in [0.1, 0.15) is 5.82 Å². The van der Waals surface area contributed by atoms with E-state index in [4.69, 9.17) is 5.73 Å². The van der Waals surface area contributed by atoms with Crippen molar-refractivity contribution >= 4 is 11.5 Å². The van der Waals surface area contributed by atoms with Gasteiger partial charge in [0.2, 0.25) is 0 Å². The Morgan fingerprint density at radius 2 is 1.94 bits per heavy atom. The van der Waals surface area contributed by atoms with Gasteiger partial charge in [-0.3, -0.25) is 0 Å². The molecule has 1 unspecified atom stereocenters. The topological polar surface area (TPSA) is 50.9 Å². The van der Waals surface area contributed by atoms with E-state index in [1.54, 1.807) is 6.20 Å². The van der Waals surface area contributed by atoms with Crippen LogP contribution in [0.25, 0.3) is 0 Å². The van der Waals surface area contributed by atoms with E-state index >= 15 is 0 Å². The van der Waals surface area contributed by atoms with Gasteiger partial charge in [0.15, 0.2) is 0 Å². The number of hydrogen-bond donors (Lipinski definition) is 2. The van der Waals surface area contributed by atoms with E-state index in [1.807, 2.05) is 12.1 Å². The highest BCUT2D eigenvalue weighted by Gasteiger charge is 2.04. The number of hydrogen-bond acceptors (Lipinski definition) is 3. The maximum absolute atomic E-state index is 5.54. The van der Waals surface area contributed by atoms with Gasteiger partial charge < -0.3 is 11.1 Å². The lowest BCUT2D eigenvalue weighted by molar-refractivity contribution is 0.706. The maximum atomic E-state index is 5.54. The van der Waals surface area contributed by atoms with Crippen LogP contribution in [-0.4, -0.2) is 11.5 Å². The molecule has 0 saturated carbocycles. The number of nitrogens with zero attached hydrogens (tertiary/aromatic N) is 1. The van der Waals surface area contributed by atoms with Crippen LogP contribution in [0.5, 0.6) is 0 Å². The minimum absolute atomic E-state index is 0.554. The van der Waals surface area contributed by atoms with Crippen molar-refractivity contribution < 1.29 is 0 Å². The van der Waals surface area contributed by atoms with Gasteiger partial charge in [0.25, 0.3) is 0 Å². The molecule has 1 heterocycles. The molecule has 94 valence electrons. The third kappa shape index (κ3) is 3.48. The number of aromatic nitrogens is 1. The molecule has 0 aliphatic rings. The second kappa shape index (κ2) is 6.05. The van der Waals surface area contributed by atoms with Gasteiger partial charge in [0, 0.05) is 6.54 Å². The highest BCUT2D eigenvalue weighted by molar-refractivity contribution is 5.45. The van der Waals surface area contributed by atoms with Gasteiger partial charge in [-0.1, -0.05) is 37.3 Å². The monoisotopic (exact) mass is 241 g/mol. The van der Waals surface area contributed by atoms with Gasteiger partial charge >= 0.3 is 0 Å². The van der Waals surface area contributed by atoms with E-state index in [-0.39, 0.29) is 0 Å². The molecule has 0 bridgehead atoms. The van der Waals surface area contributed by atoms with Crippen LogP contribution in [-0.2, 0) is 0 Å². The number of pyridine rings is 1. The number of anilines is 2. The lowest BCUT2D eigenvalue weighted by Crippen LogP contribution is -2.06. The number of rotatable bonds is 5. The first-order valence-electron chi connectivity index (χ1n) is 6.26. The van der Waals surface area contributed by atoms with E-state index in [0.29, 0.717) is 11.7 Å². The summed E-state index contributed by atoms with van der Waals surface area (Å²) >= 11 is 0. The third-order valence-corrected chi connectivity index (χ3v) is 3.06. The Labute approximate surface area is 108 Å². The van der Waals surface area contributed by atoms with Crippen LogP contribution in [0.15, 0.2) is 48.7 Å². The Morgan fingerprint density at radius 3 is 2.61 bits per heavy atom. The number of nitrogens with two attached hydrogens (primary N) is 1. The second-order valence-electron chi connectivity index (χ2n) is 4.50. The molecule has 0 spiro atoms. The summed E-state index contributed by atoms with van der Waals surface area (Å²) in [6.07, 6.45) is 2.86. The SMILES string of the molecule is CC(CCNc1ccc(N)nc1)c1ccccc1. The summed E-state index contributed by atoms with van der Waals surface area (Å²) in [5.74, 6) is 1.11. The summed E-state index contributed by atoms with van der Waals surface area (Å²) in [7, 11) is 0. The smallest absolute Gasteiger partial charge is 0.123 e. The van der Waals surface area contributed by atoms with E-state index < -0.39 is 0 Å². The Balaban J connectivity index is 1.80. The van der Waals surface area contributed by atoms with Crippen molar-refractivity contribution in [2.24, 2.45) is 0 Å². The zero-order valence-corrected chi connectivity index (χ0v) is 10.6. The van der Waals surface area contributed by atoms with Crippen LogP contribution in [0.4, 0.5) is 11.5 Å². The first-order chi connectivity index (χ1) is 8.75.